The van der Waals surface area contributed by atoms with E-state index in [1.165, 1.54) is 6.08 Å². The largest absolute Gasteiger partial charge is 0.480 e. The number of carbonyl (C=O) groups excluding carboxylic acids is 2. The first-order chi connectivity index (χ1) is 11.4. The molecule has 0 aliphatic carbocycles. The Morgan fingerprint density at radius 2 is 1.68 bits per heavy atom. The number of nitrogens with one attached hydrogen (secondary N) is 2. The van der Waals surface area contributed by atoms with Crippen molar-refractivity contribution in [2.24, 2.45) is 0 Å². The molecule has 4 N–H and O–H groups in total. The Balaban J connectivity index is 4.70. The van der Waals surface area contributed by atoms with Gasteiger partial charge in [-0.3, -0.25) is 4.79 Å². The second kappa shape index (κ2) is 9.45. The van der Waals surface area contributed by atoms with Gasteiger partial charge in [-0.1, -0.05) is 19.2 Å². The second-order valence-corrected chi connectivity index (χ2v) is 6.19. The van der Waals surface area contributed by atoms with Gasteiger partial charge in [-0.25, -0.2) is 14.4 Å². The van der Waals surface area contributed by atoms with Crippen molar-refractivity contribution in [2.75, 3.05) is 0 Å². The van der Waals surface area contributed by atoms with E-state index in [-0.39, 0.29) is 18.4 Å². The first-order valence-electron chi connectivity index (χ1n) is 7.43. The molecule has 0 saturated heterocycles. The average molecular weight is 356 g/mol. The van der Waals surface area contributed by atoms with E-state index in [2.05, 4.69) is 23.8 Å². The number of hydrogen-bond acceptors (Lipinski definition) is 5. The van der Waals surface area contributed by atoms with E-state index in [0.29, 0.717) is 0 Å². The standard InChI is InChI=1S/C16H24N2O7/c1-6-9(2)12(14(22)23)18-11(19)8-7-10(13(20)21)17-15(24)25-16(3,4)5/h6,10,12H,1-2,7-8H2,3-5H3,(H,17,24)(H,18,19)(H,20,21)(H,22,23)/t10-,12?/m0/s1. The molecule has 2 atom stereocenters. The molecule has 0 bridgehead atoms. The Morgan fingerprint density at radius 1 is 1.12 bits per heavy atom. The van der Waals surface area contributed by atoms with Crippen molar-refractivity contribution in [3.8, 4) is 0 Å². The molecule has 9 nitrogen and oxygen atoms in total. The second-order valence-electron chi connectivity index (χ2n) is 6.19. The Kier molecular flexibility index (Phi) is 8.38. The maximum atomic E-state index is 11.8. The van der Waals surface area contributed by atoms with Crippen molar-refractivity contribution in [3.05, 3.63) is 24.8 Å². The van der Waals surface area contributed by atoms with Crippen LogP contribution in [0.5, 0.6) is 0 Å². The highest BCUT2D eigenvalue weighted by Crippen LogP contribution is 2.08. The summed E-state index contributed by atoms with van der Waals surface area (Å²) in [4.78, 5) is 45.7. The lowest BCUT2D eigenvalue weighted by atomic mass is 10.1. The van der Waals surface area contributed by atoms with E-state index in [4.69, 9.17) is 14.9 Å². The molecular weight excluding hydrogens is 332 g/mol. The van der Waals surface area contributed by atoms with Crippen LogP contribution >= 0.6 is 0 Å². The number of aliphatic carboxylic acids is 2. The van der Waals surface area contributed by atoms with Crippen molar-refractivity contribution in [3.63, 3.8) is 0 Å². The number of ether oxygens (including phenoxy) is 1. The van der Waals surface area contributed by atoms with Crippen LogP contribution in [-0.4, -0.2) is 51.8 Å². The van der Waals surface area contributed by atoms with Gasteiger partial charge in [0, 0.05) is 6.42 Å². The van der Waals surface area contributed by atoms with Gasteiger partial charge in [-0.2, -0.15) is 0 Å². The lowest BCUT2D eigenvalue weighted by Crippen LogP contribution is -2.45. The predicted octanol–water partition coefficient (Wildman–Crippen LogP) is 1.06. The molecule has 0 fully saturated rings. The van der Waals surface area contributed by atoms with Crippen molar-refractivity contribution in [1.82, 2.24) is 10.6 Å². The minimum absolute atomic E-state index is 0.0857. The number of amides is 2. The fourth-order valence-electron chi connectivity index (χ4n) is 1.65. The summed E-state index contributed by atoms with van der Waals surface area (Å²) in [5, 5.41) is 22.5. The minimum atomic E-state index is -1.36. The molecule has 0 aromatic rings. The van der Waals surface area contributed by atoms with Gasteiger partial charge in [0.05, 0.1) is 0 Å². The van der Waals surface area contributed by atoms with E-state index in [9.17, 15) is 19.2 Å². The number of alkyl carbamates (subject to hydrolysis) is 1. The zero-order valence-electron chi connectivity index (χ0n) is 14.5. The smallest absolute Gasteiger partial charge is 0.408 e. The zero-order chi connectivity index (χ0) is 19.8. The number of carboxylic acids is 2. The molecule has 0 aliphatic rings. The first kappa shape index (κ1) is 22.2. The monoisotopic (exact) mass is 356 g/mol. The number of rotatable bonds is 9. The molecule has 0 spiro atoms. The summed E-state index contributed by atoms with van der Waals surface area (Å²) in [7, 11) is 0. The SMILES string of the molecule is C=CC(=C)C(NC(=O)CC[C@H](NC(=O)OC(C)(C)C)C(=O)O)C(=O)O. The summed E-state index contributed by atoms with van der Waals surface area (Å²) in [6.45, 7) is 11.7. The van der Waals surface area contributed by atoms with Crippen LogP contribution in [0.25, 0.3) is 0 Å². The minimum Gasteiger partial charge on any atom is -0.480 e. The van der Waals surface area contributed by atoms with Crippen LogP contribution < -0.4 is 10.6 Å². The topological polar surface area (TPSA) is 142 Å². The molecule has 0 aliphatic heterocycles. The van der Waals surface area contributed by atoms with Crippen LogP contribution in [0.3, 0.4) is 0 Å². The Bertz CT molecular complexity index is 563. The van der Waals surface area contributed by atoms with Crippen molar-refractivity contribution >= 4 is 23.9 Å². The van der Waals surface area contributed by atoms with E-state index in [1.807, 2.05) is 0 Å². The van der Waals surface area contributed by atoms with Gasteiger partial charge in [0.15, 0.2) is 6.04 Å². The highest BCUT2D eigenvalue weighted by Gasteiger charge is 2.26. The molecule has 0 saturated carbocycles. The maximum Gasteiger partial charge on any atom is 0.408 e. The molecule has 2 amide bonds. The normalized spacial score (nSPS) is 13.1. The third-order valence-electron chi connectivity index (χ3n) is 2.83. The van der Waals surface area contributed by atoms with Crippen molar-refractivity contribution in [2.45, 2.75) is 51.3 Å². The summed E-state index contributed by atoms with van der Waals surface area (Å²) in [6, 6.07) is -2.71. The summed E-state index contributed by atoms with van der Waals surface area (Å²) >= 11 is 0. The summed E-state index contributed by atoms with van der Waals surface area (Å²) in [6.07, 6.45) is -0.291. The van der Waals surface area contributed by atoms with Gasteiger partial charge < -0.3 is 25.6 Å². The Morgan fingerprint density at radius 3 is 2.08 bits per heavy atom. The molecule has 0 aromatic carbocycles. The van der Waals surface area contributed by atoms with Crippen LogP contribution in [0.2, 0.25) is 0 Å². The van der Waals surface area contributed by atoms with E-state index in [1.54, 1.807) is 20.8 Å². The number of carbonyl (C=O) groups is 4. The average Bonchev–Trinajstić information content (AvgIpc) is 2.45. The molecule has 9 heteroatoms. The Hall–Kier alpha value is -2.84. The number of hydrogen-bond donors (Lipinski definition) is 4. The van der Waals surface area contributed by atoms with Crippen molar-refractivity contribution < 1.29 is 34.1 Å². The molecule has 0 radical (unpaired) electrons. The first-order valence-corrected chi connectivity index (χ1v) is 7.43. The van der Waals surface area contributed by atoms with Gasteiger partial charge in [0.2, 0.25) is 5.91 Å². The van der Waals surface area contributed by atoms with E-state index in [0.717, 1.165) is 0 Å². The van der Waals surface area contributed by atoms with Gasteiger partial charge in [-0.05, 0) is 32.8 Å². The van der Waals surface area contributed by atoms with E-state index < -0.39 is 41.6 Å². The molecule has 0 rings (SSSR count). The van der Waals surface area contributed by atoms with Crippen molar-refractivity contribution in [1.29, 1.82) is 0 Å². The highest BCUT2D eigenvalue weighted by atomic mass is 16.6. The van der Waals surface area contributed by atoms with Crippen LogP contribution in [0.4, 0.5) is 4.79 Å². The van der Waals surface area contributed by atoms with Gasteiger partial charge in [0.1, 0.15) is 11.6 Å². The lowest BCUT2D eigenvalue weighted by Gasteiger charge is -2.22. The zero-order valence-corrected chi connectivity index (χ0v) is 14.5. The molecule has 1 unspecified atom stereocenters. The van der Waals surface area contributed by atoms with Crippen LogP contribution in [0, 0.1) is 0 Å². The highest BCUT2D eigenvalue weighted by molar-refractivity contribution is 5.87. The van der Waals surface area contributed by atoms with Gasteiger partial charge >= 0.3 is 18.0 Å². The predicted molar refractivity (Wildman–Crippen MR) is 88.9 cm³/mol. The van der Waals surface area contributed by atoms with Gasteiger partial charge in [0.25, 0.3) is 0 Å². The third kappa shape index (κ3) is 9.14. The molecule has 25 heavy (non-hydrogen) atoms. The summed E-state index contributed by atoms with van der Waals surface area (Å²) in [5.74, 6) is -3.36. The lowest BCUT2D eigenvalue weighted by molar-refractivity contribution is -0.141. The summed E-state index contributed by atoms with van der Waals surface area (Å²) in [5.41, 5.74) is -0.716. The van der Waals surface area contributed by atoms with Crippen LogP contribution in [-0.2, 0) is 19.1 Å². The van der Waals surface area contributed by atoms with Gasteiger partial charge in [-0.15, -0.1) is 0 Å². The maximum absolute atomic E-state index is 11.8. The Labute approximate surface area is 145 Å². The van der Waals surface area contributed by atoms with E-state index >= 15 is 0 Å². The van der Waals surface area contributed by atoms with Crippen LogP contribution in [0.1, 0.15) is 33.6 Å². The quantitative estimate of drug-likeness (QED) is 0.452. The van der Waals surface area contributed by atoms with Crippen LogP contribution in [0.15, 0.2) is 24.8 Å². The molecular formula is C16H24N2O7. The molecule has 0 aromatic heterocycles. The fourth-order valence-corrected chi connectivity index (χ4v) is 1.65. The summed E-state index contributed by atoms with van der Waals surface area (Å²) < 4.78 is 4.95. The molecule has 0 heterocycles. The fraction of sp³-hybridized carbons (Fsp3) is 0.500. The third-order valence-corrected chi connectivity index (χ3v) is 2.83. The number of carboxylic acid groups (broad SMARTS) is 2. The molecule has 140 valence electrons.